The van der Waals surface area contributed by atoms with E-state index in [0.717, 1.165) is 16.6 Å². The highest BCUT2D eigenvalue weighted by molar-refractivity contribution is 5.81. The molecular formula is C11H10N2O. The molecular weight excluding hydrogens is 176 g/mol. The van der Waals surface area contributed by atoms with Crippen LogP contribution < -0.4 is 4.84 Å². The van der Waals surface area contributed by atoms with Crippen molar-refractivity contribution in [1.29, 1.82) is 5.26 Å². The Kier molecular flexibility index (Phi) is 2.11. The van der Waals surface area contributed by atoms with E-state index in [4.69, 9.17) is 10.1 Å². The Labute approximate surface area is 82.1 Å². The van der Waals surface area contributed by atoms with Crippen molar-refractivity contribution in [3.63, 3.8) is 0 Å². The summed E-state index contributed by atoms with van der Waals surface area (Å²) in [5.74, 6) is 0. The van der Waals surface area contributed by atoms with Gasteiger partial charge in [-0.3, -0.25) is 0 Å². The van der Waals surface area contributed by atoms with Gasteiger partial charge in [0.25, 0.3) is 0 Å². The lowest BCUT2D eigenvalue weighted by Gasteiger charge is -2.05. The summed E-state index contributed by atoms with van der Waals surface area (Å²) in [4.78, 5) is 5.22. The minimum Gasteiger partial charge on any atom is -0.417 e. The predicted octanol–water partition coefficient (Wildman–Crippen LogP) is 1.77. The number of hydrogen-bond acceptors (Lipinski definition) is 2. The molecule has 0 radical (unpaired) electrons. The van der Waals surface area contributed by atoms with Crippen molar-refractivity contribution < 1.29 is 4.84 Å². The summed E-state index contributed by atoms with van der Waals surface area (Å²) in [5, 5.41) is 9.74. The monoisotopic (exact) mass is 186 g/mol. The Hall–Kier alpha value is -1.95. The van der Waals surface area contributed by atoms with Gasteiger partial charge in [-0.25, -0.2) is 0 Å². The molecule has 1 aromatic carbocycles. The lowest BCUT2D eigenvalue weighted by molar-refractivity contribution is 0.172. The van der Waals surface area contributed by atoms with Crippen molar-refractivity contribution >= 4 is 10.9 Å². The minimum absolute atomic E-state index is 0.364. The molecule has 14 heavy (non-hydrogen) atoms. The van der Waals surface area contributed by atoms with Crippen LogP contribution in [-0.4, -0.2) is 11.8 Å². The van der Waals surface area contributed by atoms with E-state index < -0.39 is 0 Å². The third kappa shape index (κ3) is 1.21. The minimum atomic E-state index is 0.364. The van der Waals surface area contributed by atoms with Gasteiger partial charge in [0.2, 0.25) is 0 Å². The van der Waals surface area contributed by atoms with Crippen LogP contribution in [0.1, 0.15) is 5.69 Å². The Morgan fingerprint density at radius 1 is 1.43 bits per heavy atom. The van der Waals surface area contributed by atoms with Gasteiger partial charge in [0.05, 0.1) is 23.7 Å². The molecule has 70 valence electrons. The van der Waals surface area contributed by atoms with Crippen molar-refractivity contribution in [2.75, 3.05) is 7.11 Å². The third-order valence-corrected chi connectivity index (χ3v) is 2.18. The molecule has 1 heterocycles. The van der Waals surface area contributed by atoms with Gasteiger partial charge in [-0.05, 0) is 12.1 Å². The first-order chi connectivity index (χ1) is 6.86. The van der Waals surface area contributed by atoms with Crippen LogP contribution in [0.5, 0.6) is 0 Å². The number of fused-ring (bicyclic) bond motifs is 1. The summed E-state index contributed by atoms with van der Waals surface area (Å²) in [6.45, 7) is 0. The smallest absolute Gasteiger partial charge is 0.104 e. The van der Waals surface area contributed by atoms with Crippen LogP contribution in [0, 0.1) is 11.3 Å². The fraction of sp³-hybridized carbons (Fsp3) is 0.182. The van der Waals surface area contributed by atoms with Crippen LogP contribution in [0.4, 0.5) is 0 Å². The highest BCUT2D eigenvalue weighted by atomic mass is 16.6. The van der Waals surface area contributed by atoms with E-state index in [1.54, 1.807) is 11.8 Å². The van der Waals surface area contributed by atoms with Gasteiger partial charge in [0.1, 0.15) is 7.11 Å². The van der Waals surface area contributed by atoms with Crippen LogP contribution in [-0.2, 0) is 6.42 Å². The fourth-order valence-electron chi connectivity index (χ4n) is 1.61. The predicted molar refractivity (Wildman–Crippen MR) is 53.8 cm³/mol. The molecule has 0 atom stereocenters. The van der Waals surface area contributed by atoms with Gasteiger partial charge >= 0.3 is 0 Å². The van der Waals surface area contributed by atoms with E-state index in [9.17, 15) is 0 Å². The highest BCUT2D eigenvalue weighted by Gasteiger charge is 2.07. The number of hydrogen-bond donors (Lipinski definition) is 0. The van der Waals surface area contributed by atoms with Crippen molar-refractivity contribution in [3.8, 4) is 6.07 Å². The standard InChI is InChI=1S/C11H10N2O/c1-14-13-10(6-7-12)8-9-4-2-3-5-11(9)13/h2-5,8H,6H2,1H3. The van der Waals surface area contributed by atoms with E-state index in [0.29, 0.717) is 6.42 Å². The summed E-state index contributed by atoms with van der Waals surface area (Å²) >= 11 is 0. The SMILES string of the molecule is COn1c(CC#N)cc2ccccc21. The third-order valence-electron chi connectivity index (χ3n) is 2.18. The highest BCUT2D eigenvalue weighted by Crippen LogP contribution is 2.18. The molecule has 3 heteroatoms. The average molecular weight is 186 g/mol. The second-order valence-electron chi connectivity index (χ2n) is 3.01. The van der Waals surface area contributed by atoms with E-state index in [1.165, 1.54) is 0 Å². The molecule has 0 spiro atoms. The topological polar surface area (TPSA) is 38.0 Å². The normalized spacial score (nSPS) is 10.0. The first-order valence-electron chi connectivity index (χ1n) is 4.37. The number of nitrogens with zero attached hydrogens (tertiary/aromatic N) is 2. The van der Waals surface area contributed by atoms with E-state index >= 15 is 0 Å². The summed E-state index contributed by atoms with van der Waals surface area (Å²) in [7, 11) is 1.60. The van der Waals surface area contributed by atoms with E-state index in [-0.39, 0.29) is 0 Å². The van der Waals surface area contributed by atoms with Crippen molar-refractivity contribution in [3.05, 3.63) is 36.0 Å². The van der Waals surface area contributed by atoms with Gasteiger partial charge in [-0.2, -0.15) is 9.99 Å². The summed E-state index contributed by atoms with van der Waals surface area (Å²) in [6.07, 6.45) is 0.364. The molecule has 0 amide bonds. The maximum atomic E-state index is 8.65. The van der Waals surface area contributed by atoms with E-state index in [1.807, 2.05) is 30.3 Å². The molecule has 2 aromatic rings. The zero-order chi connectivity index (χ0) is 9.97. The fourth-order valence-corrected chi connectivity index (χ4v) is 1.61. The molecule has 3 nitrogen and oxygen atoms in total. The molecule has 0 aliphatic carbocycles. The Morgan fingerprint density at radius 2 is 2.21 bits per heavy atom. The van der Waals surface area contributed by atoms with Crippen molar-refractivity contribution in [2.45, 2.75) is 6.42 Å². The van der Waals surface area contributed by atoms with Crippen LogP contribution in [0.15, 0.2) is 30.3 Å². The van der Waals surface area contributed by atoms with Gasteiger partial charge in [0, 0.05) is 5.39 Å². The van der Waals surface area contributed by atoms with Crippen molar-refractivity contribution in [1.82, 2.24) is 4.73 Å². The quantitative estimate of drug-likeness (QED) is 0.716. The number of rotatable bonds is 2. The van der Waals surface area contributed by atoms with Gasteiger partial charge in [-0.15, -0.1) is 0 Å². The summed E-state index contributed by atoms with van der Waals surface area (Å²) in [5.41, 5.74) is 1.89. The molecule has 0 fully saturated rings. The molecule has 0 bridgehead atoms. The first-order valence-corrected chi connectivity index (χ1v) is 4.37. The lowest BCUT2D eigenvalue weighted by Crippen LogP contribution is -2.08. The molecule has 2 rings (SSSR count). The van der Waals surface area contributed by atoms with E-state index in [2.05, 4.69) is 6.07 Å². The summed E-state index contributed by atoms with van der Waals surface area (Å²) < 4.78 is 1.69. The largest absolute Gasteiger partial charge is 0.417 e. The number of aromatic nitrogens is 1. The molecule has 0 unspecified atom stereocenters. The van der Waals surface area contributed by atoms with Crippen LogP contribution >= 0.6 is 0 Å². The Balaban J connectivity index is 2.67. The molecule has 0 saturated heterocycles. The Bertz CT molecular complexity index is 493. The zero-order valence-corrected chi connectivity index (χ0v) is 7.90. The van der Waals surface area contributed by atoms with Gasteiger partial charge in [-0.1, -0.05) is 18.2 Å². The molecule has 0 aliphatic heterocycles. The molecule has 0 N–H and O–H groups in total. The second kappa shape index (κ2) is 3.43. The molecule has 0 saturated carbocycles. The summed E-state index contributed by atoms with van der Waals surface area (Å²) in [6, 6.07) is 12.0. The van der Waals surface area contributed by atoms with Crippen molar-refractivity contribution in [2.24, 2.45) is 0 Å². The lowest BCUT2D eigenvalue weighted by atomic mass is 10.2. The van der Waals surface area contributed by atoms with Crippen LogP contribution in [0.2, 0.25) is 0 Å². The first kappa shape index (κ1) is 8.64. The second-order valence-corrected chi connectivity index (χ2v) is 3.01. The van der Waals surface area contributed by atoms with Gasteiger partial charge < -0.3 is 4.84 Å². The number of nitriles is 1. The Morgan fingerprint density at radius 3 is 2.93 bits per heavy atom. The number of benzene rings is 1. The average Bonchev–Trinajstić information content (AvgIpc) is 2.55. The van der Waals surface area contributed by atoms with Crippen LogP contribution in [0.25, 0.3) is 10.9 Å². The van der Waals surface area contributed by atoms with Gasteiger partial charge in [0.15, 0.2) is 0 Å². The maximum absolute atomic E-state index is 8.65. The molecule has 0 aliphatic rings. The maximum Gasteiger partial charge on any atom is 0.104 e. The number of para-hydroxylation sites is 1. The molecule has 1 aromatic heterocycles. The zero-order valence-electron chi connectivity index (χ0n) is 7.90. The van der Waals surface area contributed by atoms with Crippen LogP contribution in [0.3, 0.4) is 0 Å².